The molecule has 2 aliphatic rings. The minimum Gasteiger partial charge on any atom is -0.483 e. The zero-order valence-corrected chi connectivity index (χ0v) is 15.0. The molecule has 2 aromatic carbocycles. The van der Waals surface area contributed by atoms with Crippen LogP contribution in [0.3, 0.4) is 0 Å². The zero-order valence-electron chi connectivity index (χ0n) is 15.0. The molecular weight excluding hydrogens is 342 g/mol. The monoisotopic (exact) mass is 361 g/mol. The summed E-state index contributed by atoms with van der Waals surface area (Å²) in [6, 6.07) is 11.6. The number of nitrogens with zero attached hydrogens (tertiary/aromatic N) is 1. The summed E-state index contributed by atoms with van der Waals surface area (Å²) in [5, 5.41) is 1.19. The van der Waals surface area contributed by atoms with Crippen LogP contribution < -0.4 is 14.2 Å². The van der Waals surface area contributed by atoms with Gasteiger partial charge in [0.05, 0.1) is 16.8 Å². The second-order valence-electron chi connectivity index (χ2n) is 6.98. The Morgan fingerprint density at radius 3 is 2.85 bits per heavy atom. The Kier molecular flexibility index (Phi) is 3.74. The molecule has 0 amide bonds. The summed E-state index contributed by atoms with van der Waals surface area (Å²) < 4.78 is 17.1. The largest absolute Gasteiger partial charge is 0.483 e. The first-order chi connectivity index (χ1) is 13.2. The summed E-state index contributed by atoms with van der Waals surface area (Å²) in [5.41, 5.74) is 4.95. The van der Waals surface area contributed by atoms with Crippen molar-refractivity contribution in [2.24, 2.45) is 0 Å². The number of hydrogen-bond acceptors (Lipinski definition) is 5. The first-order valence-corrected chi connectivity index (χ1v) is 9.18. The second kappa shape index (κ2) is 6.27. The average molecular weight is 361 g/mol. The summed E-state index contributed by atoms with van der Waals surface area (Å²) in [6.07, 6.45) is 3.50. The maximum absolute atomic E-state index is 11.6. The lowest BCUT2D eigenvalue weighted by Gasteiger charge is -2.27. The fraction of sp³-hybridized carbons (Fsp3) is 0.273. The normalized spacial score (nSPS) is 17.6. The number of aromatic nitrogens is 1. The van der Waals surface area contributed by atoms with Crippen molar-refractivity contribution in [2.45, 2.75) is 32.3 Å². The molecule has 0 saturated carbocycles. The number of pyridine rings is 1. The number of carbonyl (C=O) groups excluding carboxylic acids is 1. The summed E-state index contributed by atoms with van der Waals surface area (Å²) in [4.78, 5) is 16.5. The number of aryl methyl sites for hydroxylation is 1. The standard InChI is InChI=1S/C22H19NO4/c1-13-15-5-2-3-7-17(15)23-22-16(13)6-4-8-18(22)27-19-10-21-20(25-12-26-21)9-14(19)11-24/h2-3,5,7,9-11,18H,4,6,8,12H2,1H3. The predicted octanol–water partition coefficient (Wildman–Crippen LogP) is 4.54. The smallest absolute Gasteiger partial charge is 0.231 e. The van der Waals surface area contributed by atoms with Gasteiger partial charge in [-0.2, -0.15) is 0 Å². The molecule has 0 N–H and O–H groups in total. The Balaban J connectivity index is 1.58. The van der Waals surface area contributed by atoms with Gasteiger partial charge < -0.3 is 14.2 Å². The van der Waals surface area contributed by atoms with Crippen molar-refractivity contribution in [1.29, 1.82) is 0 Å². The molecule has 136 valence electrons. The van der Waals surface area contributed by atoms with Crippen molar-refractivity contribution in [1.82, 2.24) is 4.98 Å². The third-order valence-corrected chi connectivity index (χ3v) is 5.41. The molecule has 5 nitrogen and oxygen atoms in total. The van der Waals surface area contributed by atoms with Gasteiger partial charge in [-0.15, -0.1) is 0 Å². The van der Waals surface area contributed by atoms with Crippen molar-refractivity contribution in [2.75, 3.05) is 6.79 Å². The molecule has 0 spiro atoms. The highest BCUT2D eigenvalue weighted by Gasteiger charge is 2.28. The third-order valence-electron chi connectivity index (χ3n) is 5.41. The van der Waals surface area contributed by atoms with Crippen LogP contribution in [0.2, 0.25) is 0 Å². The Hall–Kier alpha value is -3.08. The molecule has 0 saturated heterocycles. The summed E-state index contributed by atoms with van der Waals surface area (Å²) in [6.45, 7) is 2.32. The first-order valence-electron chi connectivity index (χ1n) is 9.18. The Morgan fingerprint density at radius 1 is 1.19 bits per heavy atom. The van der Waals surface area contributed by atoms with Crippen LogP contribution in [0.1, 0.15) is 46.1 Å². The Morgan fingerprint density at radius 2 is 2.00 bits per heavy atom. The predicted molar refractivity (Wildman–Crippen MR) is 101 cm³/mol. The topological polar surface area (TPSA) is 57.7 Å². The number of hydrogen-bond donors (Lipinski definition) is 0. The van der Waals surface area contributed by atoms with E-state index in [9.17, 15) is 4.79 Å². The van der Waals surface area contributed by atoms with E-state index in [1.165, 1.54) is 16.5 Å². The van der Waals surface area contributed by atoms with Gasteiger partial charge in [-0.25, -0.2) is 4.98 Å². The number of ether oxygens (including phenoxy) is 3. The molecule has 3 aromatic rings. The summed E-state index contributed by atoms with van der Waals surface area (Å²) >= 11 is 0. The molecular formula is C22H19NO4. The van der Waals surface area contributed by atoms with Gasteiger partial charge in [-0.1, -0.05) is 18.2 Å². The van der Waals surface area contributed by atoms with E-state index in [2.05, 4.69) is 13.0 Å². The number of aldehydes is 1. The number of rotatable bonds is 3. The number of para-hydroxylation sites is 1. The van der Waals surface area contributed by atoms with Crippen molar-refractivity contribution in [3.05, 3.63) is 58.8 Å². The molecule has 27 heavy (non-hydrogen) atoms. The molecule has 0 fully saturated rings. The molecule has 0 radical (unpaired) electrons. The molecule has 1 aliphatic carbocycles. The van der Waals surface area contributed by atoms with Gasteiger partial charge in [0.25, 0.3) is 0 Å². The van der Waals surface area contributed by atoms with Crippen LogP contribution in [0.25, 0.3) is 10.9 Å². The first kappa shape index (κ1) is 16.1. The van der Waals surface area contributed by atoms with Crippen LogP contribution in [0.15, 0.2) is 36.4 Å². The van der Waals surface area contributed by atoms with Gasteiger partial charge in [0.2, 0.25) is 6.79 Å². The van der Waals surface area contributed by atoms with Gasteiger partial charge in [0.15, 0.2) is 17.8 Å². The van der Waals surface area contributed by atoms with E-state index in [4.69, 9.17) is 19.2 Å². The van der Waals surface area contributed by atoms with E-state index in [-0.39, 0.29) is 12.9 Å². The molecule has 5 rings (SSSR count). The fourth-order valence-corrected chi connectivity index (χ4v) is 4.02. The highest BCUT2D eigenvalue weighted by Crippen LogP contribution is 2.41. The van der Waals surface area contributed by atoms with Crippen molar-refractivity contribution < 1.29 is 19.0 Å². The van der Waals surface area contributed by atoms with Crippen molar-refractivity contribution in [3.8, 4) is 17.2 Å². The van der Waals surface area contributed by atoms with Crippen LogP contribution in [0.4, 0.5) is 0 Å². The summed E-state index contributed by atoms with van der Waals surface area (Å²) in [7, 11) is 0. The molecule has 1 aliphatic heterocycles. The fourth-order valence-electron chi connectivity index (χ4n) is 4.02. The molecule has 1 aromatic heterocycles. The van der Waals surface area contributed by atoms with Crippen LogP contribution in [-0.2, 0) is 6.42 Å². The van der Waals surface area contributed by atoms with E-state index in [0.717, 1.165) is 36.8 Å². The average Bonchev–Trinajstić information content (AvgIpc) is 3.15. The Labute approximate surface area is 156 Å². The minimum atomic E-state index is -0.184. The third kappa shape index (κ3) is 2.62. The van der Waals surface area contributed by atoms with Crippen LogP contribution in [0.5, 0.6) is 17.2 Å². The van der Waals surface area contributed by atoms with Gasteiger partial charge in [0, 0.05) is 11.5 Å². The van der Waals surface area contributed by atoms with E-state index < -0.39 is 0 Å². The lowest BCUT2D eigenvalue weighted by atomic mass is 9.88. The molecule has 1 atom stereocenters. The quantitative estimate of drug-likeness (QED) is 0.641. The van der Waals surface area contributed by atoms with Gasteiger partial charge in [-0.3, -0.25) is 4.79 Å². The van der Waals surface area contributed by atoms with Crippen molar-refractivity contribution in [3.63, 3.8) is 0 Å². The van der Waals surface area contributed by atoms with E-state index in [1.54, 1.807) is 12.1 Å². The highest BCUT2D eigenvalue weighted by atomic mass is 16.7. The van der Waals surface area contributed by atoms with E-state index in [1.807, 2.05) is 18.2 Å². The van der Waals surface area contributed by atoms with Crippen LogP contribution in [0, 0.1) is 6.92 Å². The molecule has 0 bridgehead atoms. The van der Waals surface area contributed by atoms with Crippen LogP contribution >= 0.6 is 0 Å². The molecule has 2 heterocycles. The highest BCUT2D eigenvalue weighted by molar-refractivity contribution is 5.84. The lowest BCUT2D eigenvalue weighted by Crippen LogP contribution is -2.19. The Bertz CT molecular complexity index is 1060. The van der Waals surface area contributed by atoms with Gasteiger partial charge in [0.1, 0.15) is 11.9 Å². The van der Waals surface area contributed by atoms with Crippen LogP contribution in [-0.4, -0.2) is 18.1 Å². The lowest BCUT2D eigenvalue weighted by molar-refractivity contribution is 0.111. The maximum atomic E-state index is 11.6. The van der Waals surface area contributed by atoms with Gasteiger partial charge >= 0.3 is 0 Å². The molecule has 1 unspecified atom stereocenters. The van der Waals surface area contributed by atoms with E-state index in [0.29, 0.717) is 22.8 Å². The maximum Gasteiger partial charge on any atom is 0.231 e. The second-order valence-corrected chi connectivity index (χ2v) is 6.98. The number of fused-ring (bicyclic) bond motifs is 3. The molecule has 5 heteroatoms. The SMILES string of the molecule is Cc1c2c(nc3ccccc13)C(Oc1cc3c(cc1C=O)OCO3)CCC2. The number of carbonyl (C=O) groups is 1. The zero-order chi connectivity index (χ0) is 18.4. The van der Waals surface area contributed by atoms with E-state index >= 15 is 0 Å². The van der Waals surface area contributed by atoms with Crippen molar-refractivity contribution >= 4 is 17.2 Å². The minimum absolute atomic E-state index is 0.163. The summed E-state index contributed by atoms with van der Waals surface area (Å²) in [5.74, 6) is 1.70. The van der Waals surface area contributed by atoms with Gasteiger partial charge in [-0.05, 0) is 49.4 Å². The number of benzene rings is 2.